The van der Waals surface area contributed by atoms with Crippen molar-refractivity contribution in [1.29, 1.82) is 0 Å². The molecule has 0 bridgehead atoms. The average Bonchev–Trinajstić information content (AvgIpc) is 3.06. The quantitative estimate of drug-likeness (QED) is 0.342. The van der Waals surface area contributed by atoms with Crippen LogP contribution in [0.4, 0.5) is 0 Å². The Balaban J connectivity index is 0.000000225. The molecule has 0 radical (unpaired) electrons. The summed E-state index contributed by atoms with van der Waals surface area (Å²) in [6.45, 7) is 1.56. The van der Waals surface area contributed by atoms with Crippen LogP contribution in [0.15, 0.2) is 57.5 Å². The van der Waals surface area contributed by atoms with Gasteiger partial charge in [-0.1, -0.05) is 56.1 Å². The molecule has 0 aliphatic carbocycles. The Hall–Kier alpha value is -0.940. The molecule has 1 aliphatic rings. The third-order valence-electron chi connectivity index (χ3n) is 3.30. The van der Waals surface area contributed by atoms with Crippen LogP contribution in [-0.4, -0.2) is 13.2 Å². The number of hydrogen-bond donors (Lipinski definition) is 0. The summed E-state index contributed by atoms with van der Waals surface area (Å²) in [5, 5.41) is 5.13. The Morgan fingerprint density at radius 2 is 1.14 bits per heavy atom. The number of benzene rings is 3. The molecule has 0 N–H and O–H groups in total. The Kier molecular flexibility index (Phi) is 4.91. The highest BCUT2D eigenvalue weighted by Crippen LogP contribution is 2.29. The highest BCUT2D eigenvalue weighted by atomic mass is 79.9. The summed E-state index contributed by atoms with van der Waals surface area (Å²) in [6, 6.07) is 17.1. The van der Waals surface area contributed by atoms with Crippen LogP contribution in [0.3, 0.4) is 0 Å². The normalized spacial score (nSPS) is 14.2. The Morgan fingerprint density at radius 3 is 1.52 bits per heavy atom. The molecule has 1 aliphatic heterocycles. The Bertz CT molecular complexity index is 699. The monoisotopic (exact) mass is 408 g/mol. The largest absolute Gasteiger partial charge is 0.237 e. The van der Waals surface area contributed by atoms with Gasteiger partial charge in [0.2, 0.25) is 0 Å². The van der Waals surface area contributed by atoms with Gasteiger partial charge in [-0.15, -0.1) is 0 Å². The van der Waals surface area contributed by atoms with Crippen LogP contribution < -0.4 is 0 Å². The first kappa shape index (κ1) is 15.0. The molecule has 21 heavy (non-hydrogen) atoms. The number of halogens is 2. The van der Waals surface area contributed by atoms with E-state index in [4.69, 9.17) is 0 Å². The molecule has 1 fully saturated rings. The maximum atomic E-state index is 4.44. The maximum absolute atomic E-state index is 4.44. The van der Waals surface area contributed by atoms with Gasteiger partial charge in [0.15, 0.2) is 0 Å². The van der Waals surface area contributed by atoms with Gasteiger partial charge >= 0.3 is 0 Å². The van der Waals surface area contributed by atoms with Gasteiger partial charge in [-0.3, -0.25) is 0 Å². The SMILES string of the molecule is Brc1ccc2c(ccc3cc(Br)ccc32)c1.C1COOC1. The van der Waals surface area contributed by atoms with Gasteiger partial charge in [-0.05, 0) is 45.8 Å². The molecule has 1 heterocycles. The standard InChI is InChI=1S/C14H8Br2.C3H6O2/c15-11-3-5-13-9(7-11)1-2-10-8-12(16)4-6-14(10)13;1-2-4-5-3-1/h1-8H;1-3H2. The fourth-order valence-electron chi connectivity index (χ4n) is 2.31. The average molecular weight is 410 g/mol. The van der Waals surface area contributed by atoms with Crippen LogP contribution in [0.1, 0.15) is 6.42 Å². The van der Waals surface area contributed by atoms with Gasteiger partial charge in [0.05, 0.1) is 13.2 Å². The fraction of sp³-hybridized carbons (Fsp3) is 0.176. The lowest BCUT2D eigenvalue weighted by molar-refractivity contribution is -0.248. The minimum atomic E-state index is 0.778. The second-order valence-corrected chi connectivity index (χ2v) is 6.63. The van der Waals surface area contributed by atoms with Gasteiger partial charge < -0.3 is 0 Å². The highest BCUT2D eigenvalue weighted by Gasteiger charge is 2.01. The number of fused-ring (bicyclic) bond motifs is 3. The van der Waals surface area contributed by atoms with Gasteiger partial charge in [0, 0.05) is 15.4 Å². The summed E-state index contributed by atoms with van der Waals surface area (Å²) >= 11 is 7.00. The van der Waals surface area contributed by atoms with Crippen LogP contribution >= 0.6 is 31.9 Å². The minimum Gasteiger partial charge on any atom is -0.237 e. The van der Waals surface area contributed by atoms with Crippen molar-refractivity contribution in [3.63, 3.8) is 0 Å². The van der Waals surface area contributed by atoms with E-state index in [9.17, 15) is 0 Å². The minimum absolute atomic E-state index is 0.778. The number of hydrogen-bond acceptors (Lipinski definition) is 2. The van der Waals surface area contributed by atoms with Gasteiger partial charge in [-0.2, -0.15) is 0 Å². The lowest BCUT2D eigenvalue weighted by Crippen LogP contribution is -1.78. The van der Waals surface area contributed by atoms with E-state index in [1.54, 1.807) is 0 Å². The highest BCUT2D eigenvalue weighted by molar-refractivity contribution is 9.10. The van der Waals surface area contributed by atoms with Crippen molar-refractivity contribution in [2.45, 2.75) is 6.42 Å². The first-order chi connectivity index (χ1) is 10.2. The third kappa shape index (κ3) is 3.64. The van der Waals surface area contributed by atoms with E-state index in [0.717, 1.165) is 28.6 Å². The Labute approximate surface area is 140 Å². The van der Waals surface area contributed by atoms with Crippen LogP contribution in [0.2, 0.25) is 0 Å². The molecule has 3 aromatic rings. The molecule has 0 unspecified atom stereocenters. The first-order valence-electron chi connectivity index (χ1n) is 6.76. The molecule has 0 aromatic heterocycles. The zero-order chi connectivity index (χ0) is 14.7. The molecule has 1 saturated heterocycles. The molecule has 0 atom stereocenters. The molecule has 108 valence electrons. The van der Waals surface area contributed by atoms with Crippen molar-refractivity contribution in [1.82, 2.24) is 0 Å². The summed E-state index contributed by atoms with van der Waals surface area (Å²) in [5.74, 6) is 0. The van der Waals surface area contributed by atoms with E-state index in [-0.39, 0.29) is 0 Å². The van der Waals surface area contributed by atoms with Crippen molar-refractivity contribution >= 4 is 53.4 Å². The van der Waals surface area contributed by atoms with E-state index in [1.807, 2.05) is 0 Å². The summed E-state index contributed by atoms with van der Waals surface area (Å²) in [7, 11) is 0. The molecular formula is C17H14Br2O2. The van der Waals surface area contributed by atoms with Crippen LogP contribution in [-0.2, 0) is 9.78 Å². The van der Waals surface area contributed by atoms with Crippen molar-refractivity contribution in [3.8, 4) is 0 Å². The fourth-order valence-corrected chi connectivity index (χ4v) is 3.07. The predicted molar refractivity (Wildman–Crippen MR) is 93.4 cm³/mol. The van der Waals surface area contributed by atoms with Gasteiger partial charge in [-0.25, -0.2) is 9.78 Å². The second-order valence-electron chi connectivity index (χ2n) is 4.79. The van der Waals surface area contributed by atoms with Crippen molar-refractivity contribution in [3.05, 3.63) is 57.5 Å². The summed E-state index contributed by atoms with van der Waals surface area (Å²) in [4.78, 5) is 8.89. The van der Waals surface area contributed by atoms with Crippen LogP contribution in [0, 0.1) is 0 Å². The smallest absolute Gasteiger partial charge is 0.0845 e. The molecule has 4 rings (SSSR count). The second kappa shape index (κ2) is 6.88. The van der Waals surface area contributed by atoms with Crippen LogP contribution in [0.5, 0.6) is 0 Å². The van der Waals surface area contributed by atoms with Gasteiger partial charge in [0.25, 0.3) is 0 Å². The maximum Gasteiger partial charge on any atom is 0.0845 e. The van der Waals surface area contributed by atoms with Crippen molar-refractivity contribution in [2.24, 2.45) is 0 Å². The molecule has 0 amide bonds. The predicted octanol–water partition coefficient (Wildman–Crippen LogP) is 5.86. The lowest BCUT2D eigenvalue weighted by Gasteiger charge is -2.04. The molecular weight excluding hydrogens is 396 g/mol. The molecule has 0 spiro atoms. The zero-order valence-corrected chi connectivity index (χ0v) is 14.5. The van der Waals surface area contributed by atoms with E-state index < -0.39 is 0 Å². The summed E-state index contributed by atoms with van der Waals surface area (Å²) in [6.07, 6.45) is 1.06. The topological polar surface area (TPSA) is 18.5 Å². The van der Waals surface area contributed by atoms with Crippen molar-refractivity contribution < 1.29 is 9.78 Å². The lowest BCUT2D eigenvalue weighted by atomic mass is 10.0. The summed E-state index contributed by atoms with van der Waals surface area (Å²) < 4.78 is 2.24. The van der Waals surface area contributed by atoms with Crippen LogP contribution in [0.25, 0.3) is 21.5 Å². The van der Waals surface area contributed by atoms with Crippen molar-refractivity contribution in [2.75, 3.05) is 13.2 Å². The summed E-state index contributed by atoms with van der Waals surface area (Å²) in [5.41, 5.74) is 0. The molecule has 3 aromatic carbocycles. The first-order valence-corrected chi connectivity index (χ1v) is 8.34. The molecule has 4 heteroatoms. The van der Waals surface area contributed by atoms with E-state index in [0.29, 0.717) is 0 Å². The third-order valence-corrected chi connectivity index (χ3v) is 4.29. The van der Waals surface area contributed by atoms with E-state index >= 15 is 0 Å². The molecule has 0 saturated carbocycles. The van der Waals surface area contributed by atoms with E-state index in [1.165, 1.54) is 21.5 Å². The van der Waals surface area contributed by atoms with E-state index in [2.05, 4.69) is 90.2 Å². The zero-order valence-electron chi connectivity index (χ0n) is 11.3. The molecule has 2 nitrogen and oxygen atoms in total. The number of rotatable bonds is 0. The Morgan fingerprint density at radius 1 is 0.667 bits per heavy atom. The van der Waals surface area contributed by atoms with Gasteiger partial charge in [0.1, 0.15) is 0 Å².